The van der Waals surface area contributed by atoms with E-state index in [4.69, 9.17) is 0 Å². The highest BCUT2D eigenvalue weighted by molar-refractivity contribution is 5.57. The number of unbranched alkanes of at least 4 members (excludes halogenated alkanes) is 3. The molecule has 3 nitrogen and oxygen atoms in total. The Morgan fingerprint density at radius 1 is 0.938 bits per heavy atom. The first-order valence-electron chi connectivity index (χ1n) is 6.12. The lowest BCUT2D eigenvalue weighted by atomic mass is 9.90. The molecule has 0 spiro atoms. The van der Waals surface area contributed by atoms with Gasteiger partial charge in [0, 0.05) is 18.3 Å². The highest BCUT2D eigenvalue weighted by Crippen LogP contribution is 2.18. The van der Waals surface area contributed by atoms with E-state index in [9.17, 15) is 14.4 Å². The van der Waals surface area contributed by atoms with Gasteiger partial charge in [-0.3, -0.25) is 0 Å². The summed E-state index contributed by atoms with van der Waals surface area (Å²) < 4.78 is 0. The summed E-state index contributed by atoms with van der Waals surface area (Å²) in [6, 6.07) is 0. The largest absolute Gasteiger partial charge is 0.303 e. The van der Waals surface area contributed by atoms with Crippen molar-refractivity contribution >= 4 is 18.9 Å². The van der Waals surface area contributed by atoms with Crippen LogP contribution in [0.25, 0.3) is 0 Å². The number of aldehydes is 3. The zero-order valence-corrected chi connectivity index (χ0v) is 10.1. The average Bonchev–Trinajstić information content (AvgIpc) is 2.33. The van der Waals surface area contributed by atoms with Crippen LogP contribution < -0.4 is 0 Å². The van der Waals surface area contributed by atoms with Crippen LogP contribution in [0, 0.1) is 11.8 Å². The van der Waals surface area contributed by atoms with Crippen LogP contribution in [0.3, 0.4) is 0 Å². The summed E-state index contributed by atoms with van der Waals surface area (Å²) in [7, 11) is 0. The molecule has 0 aliphatic heterocycles. The molecule has 0 amide bonds. The lowest BCUT2D eigenvalue weighted by molar-refractivity contribution is -0.114. The Hall–Kier alpha value is -0.990. The maximum absolute atomic E-state index is 10.8. The molecule has 0 fully saturated rings. The molecule has 0 heterocycles. The van der Waals surface area contributed by atoms with E-state index in [-0.39, 0.29) is 11.8 Å². The zero-order valence-electron chi connectivity index (χ0n) is 10.1. The summed E-state index contributed by atoms with van der Waals surface area (Å²) in [6.07, 6.45) is 8.62. The number of rotatable bonds is 11. The van der Waals surface area contributed by atoms with Gasteiger partial charge in [0.25, 0.3) is 0 Å². The summed E-state index contributed by atoms with van der Waals surface area (Å²) in [5, 5.41) is 0. The van der Waals surface area contributed by atoms with E-state index in [1.54, 1.807) is 0 Å². The normalized spacial score (nSPS) is 14.1. The Bertz CT molecular complexity index is 201. The molecule has 0 aromatic rings. The van der Waals surface area contributed by atoms with Crippen LogP contribution in [-0.4, -0.2) is 18.9 Å². The molecule has 2 atom stereocenters. The first kappa shape index (κ1) is 15.0. The highest BCUT2D eigenvalue weighted by atomic mass is 16.1. The molecule has 0 bridgehead atoms. The van der Waals surface area contributed by atoms with Gasteiger partial charge in [-0.05, 0) is 25.7 Å². The van der Waals surface area contributed by atoms with Crippen molar-refractivity contribution in [3.63, 3.8) is 0 Å². The Morgan fingerprint density at radius 3 is 2.12 bits per heavy atom. The van der Waals surface area contributed by atoms with E-state index in [2.05, 4.69) is 0 Å². The summed E-state index contributed by atoms with van der Waals surface area (Å²) in [5.41, 5.74) is 0. The third kappa shape index (κ3) is 7.32. The monoisotopic (exact) mass is 226 g/mol. The molecule has 2 unspecified atom stereocenters. The number of carbonyl (C=O) groups excluding carboxylic acids is 3. The van der Waals surface area contributed by atoms with Crippen LogP contribution >= 0.6 is 0 Å². The van der Waals surface area contributed by atoms with E-state index in [1.165, 1.54) is 0 Å². The van der Waals surface area contributed by atoms with Gasteiger partial charge in [-0.2, -0.15) is 0 Å². The highest BCUT2D eigenvalue weighted by Gasteiger charge is 2.13. The van der Waals surface area contributed by atoms with E-state index in [0.29, 0.717) is 12.8 Å². The standard InChI is InChI=1S/C13H22O3/c1-2-12(10-15)9-13(11-16)7-5-3-4-6-8-14/h8,10-13H,2-7,9H2,1H3. The van der Waals surface area contributed by atoms with Gasteiger partial charge in [-0.25, -0.2) is 0 Å². The van der Waals surface area contributed by atoms with E-state index >= 15 is 0 Å². The first-order chi connectivity index (χ1) is 7.78. The van der Waals surface area contributed by atoms with Crippen molar-refractivity contribution in [1.82, 2.24) is 0 Å². The van der Waals surface area contributed by atoms with Gasteiger partial charge in [0.15, 0.2) is 0 Å². The first-order valence-corrected chi connectivity index (χ1v) is 6.12. The van der Waals surface area contributed by atoms with Gasteiger partial charge >= 0.3 is 0 Å². The van der Waals surface area contributed by atoms with Crippen molar-refractivity contribution in [2.24, 2.45) is 11.8 Å². The molecule has 0 radical (unpaired) electrons. The van der Waals surface area contributed by atoms with Gasteiger partial charge in [0.2, 0.25) is 0 Å². The number of carbonyl (C=O) groups is 3. The zero-order chi connectivity index (χ0) is 12.2. The Kier molecular flexibility index (Phi) is 9.87. The molecule has 0 rings (SSSR count). The minimum atomic E-state index is 0.00591. The molecule has 16 heavy (non-hydrogen) atoms. The van der Waals surface area contributed by atoms with Crippen LogP contribution in [-0.2, 0) is 14.4 Å². The molecular formula is C13H22O3. The van der Waals surface area contributed by atoms with Crippen molar-refractivity contribution in [1.29, 1.82) is 0 Å². The summed E-state index contributed by atoms with van der Waals surface area (Å²) in [6.45, 7) is 1.96. The van der Waals surface area contributed by atoms with Gasteiger partial charge in [0.05, 0.1) is 0 Å². The number of hydrogen-bond acceptors (Lipinski definition) is 3. The second kappa shape index (κ2) is 10.5. The smallest absolute Gasteiger partial charge is 0.123 e. The van der Waals surface area contributed by atoms with Crippen molar-refractivity contribution in [3.8, 4) is 0 Å². The minimum Gasteiger partial charge on any atom is -0.303 e. The molecule has 0 N–H and O–H groups in total. The fraction of sp³-hybridized carbons (Fsp3) is 0.769. The molecule has 0 aliphatic carbocycles. The molecule has 0 aliphatic rings. The quantitative estimate of drug-likeness (QED) is 0.402. The topological polar surface area (TPSA) is 51.2 Å². The Morgan fingerprint density at radius 2 is 1.62 bits per heavy atom. The fourth-order valence-corrected chi connectivity index (χ4v) is 1.76. The summed E-state index contributed by atoms with van der Waals surface area (Å²) >= 11 is 0. The predicted octanol–water partition coefficient (Wildman–Crippen LogP) is 2.57. The van der Waals surface area contributed by atoms with Crippen LogP contribution in [0.2, 0.25) is 0 Å². The molecule has 92 valence electrons. The minimum absolute atomic E-state index is 0.00591. The maximum atomic E-state index is 10.8. The second-order valence-corrected chi connectivity index (χ2v) is 4.24. The molecule has 0 saturated carbocycles. The maximum Gasteiger partial charge on any atom is 0.123 e. The molecule has 0 saturated heterocycles. The molecule has 0 aromatic carbocycles. The third-order valence-corrected chi connectivity index (χ3v) is 2.91. The molecular weight excluding hydrogens is 204 g/mol. The van der Waals surface area contributed by atoms with E-state index in [1.807, 2.05) is 6.92 Å². The number of hydrogen-bond donors (Lipinski definition) is 0. The van der Waals surface area contributed by atoms with E-state index < -0.39 is 0 Å². The summed E-state index contributed by atoms with van der Waals surface area (Å²) in [5.74, 6) is 0.0246. The SMILES string of the molecule is CCC(C=O)CC(C=O)CCCCCC=O. The van der Waals surface area contributed by atoms with Crippen LogP contribution in [0.15, 0.2) is 0 Å². The van der Waals surface area contributed by atoms with Crippen LogP contribution in [0.4, 0.5) is 0 Å². The van der Waals surface area contributed by atoms with Gasteiger partial charge < -0.3 is 14.4 Å². The Labute approximate surface area is 97.6 Å². The van der Waals surface area contributed by atoms with Gasteiger partial charge in [-0.1, -0.05) is 19.8 Å². The predicted molar refractivity (Wildman–Crippen MR) is 63.2 cm³/mol. The van der Waals surface area contributed by atoms with Crippen molar-refractivity contribution in [2.45, 2.75) is 51.9 Å². The van der Waals surface area contributed by atoms with Crippen LogP contribution in [0.1, 0.15) is 51.9 Å². The van der Waals surface area contributed by atoms with Crippen molar-refractivity contribution in [2.75, 3.05) is 0 Å². The lowest BCUT2D eigenvalue weighted by Gasteiger charge is -2.13. The summed E-state index contributed by atoms with van der Waals surface area (Å²) in [4.78, 5) is 31.6. The van der Waals surface area contributed by atoms with Crippen molar-refractivity contribution < 1.29 is 14.4 Å². The fourth-order valence-electron chi connectivity index (χ4n) is 1.76. The Balaban J connectivity index is 3.69. The van der Waals surface area contributed by atoms with Crippen LogP contribution in [0.5, 0.6) is 0 Å². The van der Waals surface area contributed by atoms with Gasteiger partial charge in [-0.15, -0.1) is 0 Å². The average molecular weight is 226 g/mol. The lowest BCUT2D eigenvalue weighted by Crippen LogP contribution is -2.11. The molecule has 0 aromatic heterocycles. The van der Waals surface area contributed by atoms with E-state index in [0.717, 1.165) is 51.0 Å². The molecule has 3 heteroatoms. The third-order valence-electron chi connectivity index (χ3n) is 2.91. The van der Waals surface area contributed by atoms with Gasteiger partial charge in [0.1, 0.15) is 18.9 Å². The second-order valence-electron chi connectivity index (χ2n) is 4.24. The van der Waals surface area contributed by atoms with Crippen molar-refractivity contribution in [3.05, 3.63) is 0 Å².